The number of carbonyl (C=O) groups excluding carboxylic acids is 1. The van der Waals surface area contributed by atoms with Gasteiger partial charge in [0.2, 0.25) is 0 Å². The maximum Gasteiger partial charge on any atom is 0.315 e. The molecule has 0 aliphatic rings. The Bertz CT molecular complexity index is 1330. The van der Waals surface area contributed by atoms with Gasteiger partial charge in [-0.05, 0) is 24.3 Å². The Morgan fingerprint density at radius 2 is 2.07 bits per heavy atom. The fourth-order valence-electron chi connectivity index (χ4n) is 2.82. The van der Waals surface area contributed by atoms with Crippen molar-refractivity contribution in [1.82, 2.24) is 4.57 Å². The van der Waals surface area contributed by atoms with Gasteiger partial charge in [0, 0.05) is 12.6 Å². The first kappa shape index (κ1) is 17.1. The summed E-state index contributed by atoms with van der Waals surface area (Å²) in [6, 6.07) is 12.5. The Kier molecular flexibility index (Phi) is 4.29. The van der Waals surface area contributed by atoms with E-state index in [4.69, 9.17) is 4.42 Å². The van der Waals surface area contributed by atoms with Crippen molar-refractivity contribution in [2.24, 2.45) is 4.99 Å². The molecule has 27 heavy (non-hydrogen) atoms. The number of hydrogen-bond donors (Lipinski definition) is 0. The average molecular weight is 380 g/mol. The summed E-state index contributed by atoms with van der Waals surface area (Å²) in [6.45, 7) is 3.96. The number of aromatic nitrogens is 1. The lowest BCUT2D eigenvalue weighted by molar-refractivity contribution is 0.0972. The van der Waals surface area contributed by atoms with Crippen LogP contribution in [0.5, 0.6) is 0 Å². The van der Waals surface area contributed by atoms with Crippen molar-refractivity contribution < 1.29 is 13.6 Å². The minimum atomic E-state index is -0.706. The van der Waals surface area contributed by atoms with Gasteiger partial charge in [-0.25, -0.2) is 4.39 Å². The van der Waals surface area contributed by atoms with Gasteiger partial charge < -0.3 is 8.98 Å². The van der Waals surface area contributed by atoms with Crippen molar-refractivity contribution in [3.63, 3.8) is 0 Å². The Hall–Kier alpha value is -3.32. The number of rotatable bonds is 3. The predicted octanol–water partition coefficient (Wildman–Crippen LogP) is 3.88. The third kappa shape index (κ3) is 3.02. The molecule has 0 fully saturated rings. The highest BCUT2D eigenvalue weighted by atomic mass is 32.1. The summed E-state index contributed by atoms with van der Waals surface area (Å²) in [5.41, 5.74) is 0.343. The molecule has 0 spiro atoms. The van der Waals surface area contributed by atoms with Crippen LogP contribution in [0.1, 0.15) is 10.6 Å². The van der Waals surface area contributed by atoms with E-state index in [0.29, 0.717) is 26.0 Å². The molecule has 2 heterocycles. The summed E-state index contributed by atoms with van der Waals surface area (Å²) in [6.07, 6.45) is 1.60. The molecule has 7 heteroatoms. The molecule has 1 amide bonds. The van der Waals surface area contributed by atoms with E-state index >= 15 is 0 Å². The van der Waals surface area contributed by atoms with Crippen LogP contribution in [0.4, 0.5) is 4.39 Å². The van der Waals surface area contributed by atoms with E-state index in [-0.39, 0.29) is 17.7 Å². The van der Waals surface area contributed by atoms with Gasteiger partial charge in [-0.1, -0.05) is 35.6 Å². The number of halogens is 1. The highest BCUT2D eigenvalue weighted by molar-refractivity contribution is 7.16. The van der Waals surface area contributed by atoms with Crippen LogP contribution in [0.25, 0.3) is 21.2 Å². The number of fused-ring (bicyclic) bond motifs is 2. The SMILES string of the molecule is C=CCn1c(=NC(=O)c2cc(=O)c3ccccc3o2)sc2cccc(F)c21. The molecule has 5 nitrogen and oxygen atoms in total. The molecule has 0 unspecified atom stereocenters. The Balaban J connectivity index is 1.90. The molecular formula is C20H13FN2O3S. The first-order valence-electron chi connectivity index (χ1n) is 8.09. The average Bonchev–Trinajstić information content (AvgIpc) is 3.00. The van der Waals surface area contributed by atoms with Gasteiger partial charge >= 0.3 is 5.91 Å². The van der Waals surface area contributed by atoms with E-state index in [1.54, 1.807) is 47.0 Å². The van der Waals surface area contributed by atoms with Gasteiger partial charge in [-0.3, -0.25) is 9.59 Å². The minimum Gasteiger partial charge on any atom is -0.451 e. The van der Waals surface area contributed by atoms with Gasteiger partial charge in [0.25, 0.3) is 0 Å². The van der Waals surface area contributed by atoms with Gasteiger partial charge in [-0.15, -0.1) is 6.58 Å². The third-order valence-electron chi connectivity index (χ3n) is 4.01. The van der Waals surface area contributed by atoms with Gasteiger partial charge in [0.05, 0.1) is 15.6 Å². The van der Waals surface area contributed by atoms with Crippen LogP contribution in [-0.2, 0) is 6.54 Å². The maximum atomic E-state index is 14.2. The lowest BCUT2D eigenvalue weighted by Gasteiger charge is -2.02. The van der Waals surface area contributed by atoms with E-state index in [1.165, 1.54) is 17.4 Å². The van der Waals surface area contributed by atoms with Crippen LogP contribution in [-0.4, -0.2) is 10.5 Å². The lowest BCUT2D eigenvalue weighted by Crippen LogP contribution is -2.17. The molecule has 0 bridgehead atoms. The van der Waals surface area contributed by atoms with Crippen molar-refractivity contribution in [3.8, 4) is 0 Å². The molecule has 0 saturated heterocycles. The Morgan fingerprint density at radius 3 is 2.89 bits per heavy atom. The number of nitrogens with zero attached hydrogens (tertiary/aromatic N) is 2. The Morgan fingerprint density at radius 1 is 1.26 bits per heavy atom. The molecular weight excluding hydrogens is 367 g/mol. The molecule has 0 aliphatic heterocycles. The number of allylic oxidation sites excluding steroid dienone is 1. The summed E-state index contributed by atoms with van der Waals surface area (Å²) >= 11 is 1.18. The molecule has 2 aromatic heterocycles. The monoisotopic (exact) mass is 380 g/mol. The van der Waals surface area contributed by atoms with Crippen molar-refractivity contribution in [1.29, 1.82) is 0 Å². The third-order valence-corrected chi connectivity index (χ3v) is 5.05. The van der Waals surface area contributed by atoms with Gasteiger partial charge in [0.1, 0.15) is 11.4 Å². The summed E-state index contributed by atoms with van der Waals surface area (Å²) in [5, 5.41) is 0.389. The molecule has 4 rings (SSSR count). The molecule has 134 valence electrons. The van der Waals surface area contributed by atoms with E-state index in [9.17, 15) is 14.0 Å². The second-order valence-electron chi connectivity index (χ2n) is 5.76. The van der Waals surface area contributed by atoms with E-state index in [1.807, 2.05) is 0 Å². The first-order chi connectivity index (χ1) is 13.1. The summed E-state index contributed by atoms with van der Waals surface area (Å²) in [4.78, 5) is 29.2. The van der Waals surface area contributed by atoms with Crippen LogP contribution < -0.4 is 10.2 Å². The highest BCUT2D eigenvalue weighted by Crippen LogP contribution is 2.20. The first-order valence-corrected chi connectivity index (χ1v) is 8.91. The smallest absolute Gasteiger partial charge is 0.315 e. The number of para-hydroxylation sites is 2. The van der Waals surface area contributed by atoms with Crippen molar-refractivity contribution >= 4 is 38.4 Å². The molecule has 2 aromatic carbocycles. The highest BCUT2D eigenvalue weighted by Gasteiger charge is 2.14. The van der Waals surface area contributed by atoms with Crippen LogP contribution >= 0.6 is 11.3 Å². The largest absolute Gasteiger partial charge is 0.451 e. The topological polar surface area (TPSA) is 64.6 Å². The number of carbonyl (C=O) groups is 1. The fourth-order valence-corrected chi connectivity index (χ4v) is 3.87. The molecule has 0 N–H and O–H groups in total. The Labute approximate surface area is 156 Å². The van der Waals surface area contributed by atoms with Crippen molar-refractivity contribution in [3.05, 3.63) is 87.8 Å². The summed E-state index contributed by atoms with van der Waals surface area (Å²) in [7, 11) is 0. The molecule has 4 aromatic rings. The number of hydrogen-bond acceptors (Lipinski definition) is 4. The number of thiazole rings is 1. The van der Waals surface area contributed by atoms with Gasteiger partial charge in [-0.2, -0.15) is 4.99 Å². The quantitative estimate of drug-likeness (QED) is 0.507. The van der Waals surface area contributed by atoms with E-state index in [2.05, 4.69) is 11.6 Å². The molecule has 0 atom stereocenters. The summed E-state index contributed by atoms with van der Waals surface area (Å²) in [5.74, 6) is -1.28. The van der Waals surface area contributed by atoms with Crippen LogP contribution in [0.3, 0.4) is 0 Å². The van der Waals surface area contributed by atoms with Crippen LogP contribution in [0, 0.1) is 5.82 Å². The number of benzene rings is 2. The zero-order valence-electron chi connectivity index (χ0n) is 14.0. The normalized spacial score (nSPS) is 12.0. The minimum absolute atomic E-state index is 0.165. The molecule has 0 radical (unpaired) electrons. The predicted molar refractivity (Wildman–Crippen MR) is 102 cm³/mol. The van der Waals surface area contributed by atoms with Gasteiger partial charge in [0.15, 0.2) is 16.0 Å². The van der Waals surface area contributed by atoms with Crippen molar-refractivity contribution in [2.75, 3.05) is 0 Å². The van der Waals surface area contributed by atoms with Crippen LogP contribution in [0.2, 0.25) is 0 Å². The standard InChI is InChI=1S/C20H13FN2O3S/c1-2-10-23-18-13(21)7-5-9-17(18)27-20(23)22-19(25)16-11-14(24)12-6-3-4-8-15(12)26-16/h2-9,11H,1,10H2. The maximum absolute atomic E-state index is 14.2. The second kappa shape index (κ2) is 6.77. The lowest BCUT2D eigenvalue weighted by atomic mass is 10.2. The zero-order valence-corrected chi connectivity index (χ0v) is 14.8. The van der Waals surface area contributed by atoms with E-state index in [0.717, 1.165) is 6.07 Å². The molecule has 0 saturated carbocycles. The second-order valence-corrected chi connectivity index (χ2v) is 6.77. The van der Waals surface area contributed by atoms with E-state index < -0.39 is 11.7 Å². The van der Waals surface area contributed by atoms with Crippen molar-refractivity contribution in [2.45, 2.75) is 6.54 Å². The summed E-state index contributed by atoms with van der Waals surface area (Å²) < 4.78 is 22.0. The molecule has 0 aliphatic carbocycles. The fraction of sp³-hybridized carbons (Fsp3) is 0.0500. The van der Waals surface area contributed by atoms with Crippen LogP contribution in [0.15, 0.2) is 75.4 Å². The zero-order chi connectivity index (χ0) is 19.0. The number of amides is 1.